The number of hydrogen-bond donors (Lipinski definition) is 2. The number of hydrogen-bond acceptors (Lipinski definition) is 3. The summed E-state index contributed by atoms with van der Waals surface area (Å²) in [6, 6.07) is -0.302. The van der Waals surface area contributed by atoms with Gasteiger partial charge in [-0.25, -0.2) is 4.79 Å². The van der Waals surface area contributed by atoms with Crippen LogP contribution in [-0.2, 0) is 4.79 Å². The van der Waals surface area contributed by atoms with Crippen molar-refractivity contribution in [2.45, 2.75) is 6.42 Å². The minimum Gasteiger partial charge on any atom is -0.330 e. The Hall–Kier alpha value is -1.10. The summed E-state index contributed by atoms with van der Waals surface area (Å²) >= 11 is 0. The van der Waals surface area contributed by atoms with Gasteiger partial charge in [0.2, 0.25) is 5.91 Å². The lowest BCUT2D eigenvalue weighted by atomic mass is 10.4. The topological polar surface area (TPSA) is 75.4 Å². The second-order valence-corrected chi connectivity index (χ2v) is 2.42. The number of nitrogens with one attached hydrogen (secondary N) is 1. The molecule has 1 heterocycles. The first-order valence-electron chi connectivity index (χ1n) is 3.53. The normalized spacial score (nSPS) is 17.4. The van der Waals surface area contributed by atoms with Crippen molar-refractivity contribution in [1.29, 1.82) is 0 Å². The summed E-state index contributed by atoms with van der Waals surface area (Å²) in [6.45, 7) is 1.28. The maximum Gasteiger partial charge on any atom is 0.324 e. The van der Waals surface area contributed by atoms with E-state index in [2.05, 4.69) is 5.32 Å². The van der Waals surface area contributed by atoms with Gasteiger partial charge >= 0.3 is 6.03 Å². The van der Waals surface area contributed by atoms with Gasteiger partial charge in [-0.2, -0.15) is 0 Å². The number of rotatable bonds is 3. The van der Waals surface area contributed by atoms with E-state index in [1.54, 1.807) is 0 Å². The van der Waals surface area contributed by atoms with Gasteiger partial charge in [0.05, 0.1) is 0 Å². The average Bonchev–Trinajstić information content (AvgIpc) is 2.26. The molecule has 0 atom stereocenters. The molecule has 0 unspecified atom stereocenters. The number of nitrogens with two attached hydrogens (primary N) is 1. The first kappa shape index (κ1) is 8.00. The molecule has 0 aromatic carbocycles. The van der Waals surface area contributed by atoms with Crippen LogP contribution in [0.5, 0.6) is 0 Å². The summed E-state index contributed by atoms with van der Waals surface area (Å²) in [5, 5.41) is 2.18. The molecule has 1 aliphatic rings. The lowest BCUT2D eigenvalue weighted by molar-refractivity contribution is -0.118. The molecule has 0 aliphatic carbocycles. The van der Waals surface area contributed by atoms with Crippen LogP contribution in [0.15, 0.2) is 0 Å². The third kappa shape index (κ3) is 1.91. The van der Waals surface area contributed by atoms with Gasteiger partial charge in [-0.15, -0.1) is 0 Å². The summed E-state index contributed by atoms with van der Waals surface area (Å²) < 4.78 is 0. The molecule has 1 saturated heterocycles. The Morgan fingerprint density at radius 3 is 2.73 bits per heavy atom. The summed E-state index contributed by atoms with van der Waals surface area (Å²) in [5.41, 5.74) is 5.24. The molecule has 62 valence electrons. The quantitative estimate of drug-likeness (QED) is 0.510. The van der Waals surface area contributed by atoms with Crippen LogP contribution in [0, 0.1) is 0 Å². The predicted octanol–water partition coefficient (Wildman–Crippen LogP) is -1.11. The van der Waals surface area contributed by atoms with Crippen LogP contribution in [0.25, 0.3) is 0 Å². The van der Waals surface area contributed by atoms with Gasteiger partial charge in [-0.05, 0) is 13.0 Å². The van der Waals surface area contributed by atoms with Gasteiger partial charge in [0.15, 0.2) is 0 Å². The van der Waals surface area contributed by atoms with Crippen molar-refractivity contribution >= 4 is 11.9 Å². The lowest BCUT2D eigenvalue weighted by Gasteiger charge is -2.10. The van der Waals surface area contributed by atoms with Crippen molar-refractivity contribution in [1.82, 2.24) is 10.2 Å². The van der Waals surface area contributed by atoms with Crippen LogP contribution in [0.2, 0.25) is 0 Å². The van der Waals surface area contributed by atoms with Gasteiger partial charge in [-0.1, -0.05) is 0 Å². The van der Waals surface area contributed by atoms with Gasteiger partial charge in [0.1, 0.15) is 6.54 Å². The van der Waals surface area contributed by atoms with E-state index in [4.69, 9.17) is 5.73 Å². The third-order valence-corrected chi connectivity index (χ3v) is 1.50. The number of carbonyl (C=O) groups excluding carboxylic acids is 2. The van der Waals surface area contributed by atoms with Gasteiger partial charge in [0.25, 0.3) is 0 Å². The molecule has 0 radical (unpaired) electrons. The van der Waals surface area contributed by atoms with E-state index in [0.29, 0.717) is 13.1 Å². The summed E-state index contributed by atoms with van der Waals surface area (Å²) in [7, 11) is 0. The van der Waals surface area contributed by atoms with Crippen LogP contribution in [-0.4, -0.2) is 36.5 Å². The van der Waals surface area contributed by atoms with E-state index in [0.717, 1.165) is 6.42 Å². The van der Waals surface area contributed by atoms with Crippen molar-refractivity contribution in [3.63, 3.8) is 0 Å². The van der Waals surface area contributed by atoms with Crippen molar-refractivity contribution in [2.75, 3.05) is 19.6 Å². The summed E-state index contributed by atoms with van der Waals surface area (Å²) in [6.07, 6.45) is 0.737. The second kappa shape index (κ2) is 3.34. The number of nitrogens with zero attached hydrogens (tertiary/aromatic N) is 1. The molecule has 0 aromatic heterocycles. The zero-order valence-electron chi connectivity index (χ0n) is 6.17. The molecular weight excluding hydrogens is 146 g/mol. The molecule has 0 bridgehead atoms. The van der Waals surface area contributed by atoms with Crippen LogP contribution < -0.4 is 11.1 Å². The summed E-state index contributed by atoms with van der Waals surface area (Å²) in [4.78, 5) is 22.9. The zero-order valence-corrected chi connectivity index (χ0v) is 6.17. The maximum absolute atomic E-state index is 10.8. The van der Waals surface area contributed by atoms with Crippen LogP contribution in [0.1, 0.15) is 6.42 Å². The maximum atomic E-state index is 10.8. The molecule has 0 saturated carbocycles. The molecule has 5 heteroatoms. The highest BCUT2D eigenvalue weighted by molar-refractivity contribution is 6.01. The fourth-order valence-corrected chi connectivity index (χ4v) is 0.946. The number of carbonyl (C=O) groups is 2. The minimum atomic E-state index is -0.302. The van der Waals surface area contributed by atoms with Crippen molar-refractivity contribution < 1.29 is 9.59 Å². The SMILES string of the molecule is NCCCN1CC(=O)NC1=O. The molecule has 0 aromatic rings. The molecule has 3 amide bonds. The largest absolute Gasteiger partial charge is 0.330 e. The fourth-order valence-electron chi connectivity index (χ4n) is 0.946. The van der Waals surface area contributed by atoms with Crippen molar-refractivity contribution in [3.8, 4) is 0 Å². The average molecular weight is 157 g/mol. The highest BCUT2D eigenvalue weighted by Crippen LogP contribution is 1.97. The number of urea groups is 1. The Labute approximate surface area is 64.5 Å². The van der Waals surface area contributed by atoms with E-state index in [9.17, 15) is 9.59 Å². The van der Waals surface area contributed by atoms with E-state index in [1.807, 2.05) is 0 Å². The Morgan fingerprint density at radius 1 is 1.55 bits per heavy atom. The highest BCUT2D eigenvalue weighted by atomic mass is 16.2. The van der Waals surface area contributed by atoms with Gasteiger partial charge in [-0.3, -0.25) is 10.1 Å². The fraction of sp³-hybridized carbons (Fsp3) is 0.667. The van der Waals surface area contributed by atoms with E-state index in [-0.39, 0.29) is 18.5 Å². The Kier molecular flexibility index (Phi) is 2.43. The Bertz CT molecular complexity index is 181. The molecule has 1 fully saturated rings. The smallest absolute Gasteiger partial charge is 0.324 e. The van der Waals surface area contributed by atoms with Crippen LogP contribution >= 0.6 is 0 Å². The van der Waals surface area contributed by atoms with Crippen LogP contribution in [0.4, 0.5) is 4.79 Å². The molecule has 1 rings (SSSR count). The first-order chi connectivity index (χ1) is 5.24. The van der Waals surface area contributed by atoms with Crippen molar-refractivity contribution in [2.24, 2.45) is 5.73 Å². The molecule has 3 N–H and O–H groups in total. The van der Waals surface area contributed by atoms with Crippen molar-refractivity contribution in [3.05, 3.63) is 0 Å². The highest BCUT2D eigenvalue weighted by Gasteiger charge is 2.25. The Balaban J connectivity index is 2.34. The number of imide groups is 1. The molecule has 5 nitrogen and oxygen atoms in total. The lowest BCUT2D eigenvalue weighted by Crippen LogP contribution is -2.30. The number of amides is 3. The van der Waals surface area contributed by atoms with Gasteiger partial charge in [0, 0.05) is 6.54 Å². The van der Waals surface area contributed by atoms with E-state index in [1.165, 1.54) is 4.90 Å². The Morgan fingerprint density at radius 2 is 2.27 bits per heavy atom. The minimum absolute atomic E-state index is 0.179. The molecule has 1 aliphatic heterocycles. The summed E-state index contributed by atoms with van der Waals surface area (Å²) in [5.74, 6) is -0.230. The first-order valence-corrected chi connectivity index (χ1v) is 3.53. The van der Waals surface area contributed by atoms with E-state index < -0.39 is 0 Å². The van der Waals surface area contributed by atoms with E-state index >= 15 is 0 Å². The molecular formula is C6H11N3O2. The molecule has 0 spiro atoms. The standard InChI is InChI=1S/C6H11N3O2/c7-2-1-3-9-4-5(10)8-6(9)11/h1-4,7H2,(H,8,10,11). The molecule has 11 heavy (non-hydrogen) atoms. The predicted molar refractivity (Wildman–Crippen MR) is 38.8 cm³/mol. The zero-order chi connectivity index (χ0) is 8.27. The third-order valence-electron chi connectivity index (χ3n) is 1.50. The van der Waals surface area contributed by atoms with Crippen LogP contribution in [0.3, 0.4) is 0 Å². The monoisotopic (exact) mass is 157 g/mol. The van der Waals surface area contributed by atoms with Gasteiger partial charge < -0.3 is 10.6 Å². The second-order valence-electron chi connectivity index (χ2n) is 2.42.